The molecule has 0 heterocycles. The molecule has 4 nitrogen and oxygen atoms in total. The molecule has 0 aromatic heterocycles. The predicted molar refractivity (Wildman–Crippen MR) is 49.1 cm³/mol. The molecule has 0 fully saturated rings. The molecule has 0 spiro atoms. The van der Waals surface area contributed by atoms with Gasteiger partial charge in [0.15, 0.2) is 0 Å². The van der Waals surface area contributed by atoms with Crippen LogP contribution in [0, 0.1) is 0 Å². The van der Waals surface area contributed by atoms with Crippen molar-refractivity contribution in [2.24, 2.45) is 0 Å². The van der Waals surface area contributed by atoms with E-state index in [-0.39, 0.29) is 12.2 Å². The third-order valence-electron chi connectivity index (χ3n) is 1.75. The molecule has 0 saturated carbocycles. The summed E-state index contributed by atoms with van der Waals surface area (Å²) in [5, 5.41) is 8.87. The van der Waals surface area contributed by atoms with Gasteiger partial charge < -0.3 is 9.84 Å². The first-order valence-electron chi connectivity index (χ1n) is 3.99. The zero-order chi connectivity index (χ0) is 10.6. The Morgan fingerprint density at radius 1 is 1.50 bits per heavy atom. The molecule has 0 atom stereocenters. The highest BCUT2D eigenvalue weighted by molar-refractivity contribution is 5.91. The number of benzene rings is 1. The first-order valence-corrected chi connectivity index (χ1v) is 3.99. The van der Waals surface area contributed by atoms with Gasteiger partial charge in [-0.05, 0) is 23.8 Å². The molecule has 0 unspecified atom stereocenters. The molecule has 1 rings (SSSR count). The number of aliphatic hydroxyl groups excluding tert-OH is 1. The van der Waals surface area contributed by atoms with Gasteiger partial charge in [-0.1, -0.05) is 0 Å². The first-order chi connectivity index (χ1) is 6.71. The van der Waals surface area contributed by atoms with Gasteiger partial charge in [-0.15, -0.1) is 0 Å². The van der Waals surface area contributed by atoms with Gasteiger partial charge in [-0.25, -0.2) is 4.79 Å². The lowest BCUT2D eigenvalue weighted by molar-refractivity contribution is 0.0600. The van der Waals surface area contributed by atoms with Gasteiger partial charge in [0.1, 0.15) is 6.29 Å². The molecule has 1 aromatic rings. The summed E-state index contributed by atoms with van der Waals surface area (Å²) in [6, 6.07) is 4.41. The molecule has 1 N–H and O–H groups in total. The monoisotopic (exact) mass is 194 g/mol. The van der Waals surface area contributed by atoms with E-state index in [9.17, 15) is 9.59 Å². The van der Waals surface area contributed by atoms with E-state index in [1.165, 1.54) is 25.3 Å². The molecule has 1 aromatic carbocycles. The van der Waals surface area contributed by atoms with Gasteiger partial charge in [0.05, 0.1) is 19.3 Å². The fraction of sp³-hybridized carbons (Fsp3) is 0.200. The SMILES string of the molecule is COC(=O)c1cc(C=O)cc(CO)c1. The van der Waals surface area contributed by atoms with Crippen molar-refractivity contribution in [1.29, 1.82) is 0 Å². The summed E-state index contributed by atoms with van der Waals surface area (Å²) in [4.78, 5) is 21.6. The van der Waals surface area contributed by atoms with E-state index >= 15 is 0 Å². The van der Waals surface area contributed by atoms with E-state index in [0.717, 1.165) is 0 Å². The van der Waals surface area contributed by atoms with Gasteiger partial charge in [-0.3, -0.25) is 4.79 Å². The van der Waals surface area contributed by atoms with Crippen molar-refractivity contribution in [3.05, 3.63) is 34.9 Å². The van der Waals surface area contributed by atoms with Crippen LogP contribution < -0.4 is 0 Å². The smallest absolute Gasteiger partial charge is 0.337 e. The summed E-state index contributed by atoms with van der Waals surface area (Å²) in [6.07, 6.45) is 0.617. The van der Waals surface area contributed by atoms with Gasteiger partial charge in [0, 0.05) is 5.56 Å². The van der Waals surface area contributed by atoms with E-state index in [1.54, 1.807) is 0 Å². The molecular formula is C10H10O4. The van der Waals surface area contributed by atoms with E-state index in [4.69, 9.17) is 5.11 Å². The summed E-state index contributed by atoms with van der Waals surface area (Å²) < 4.78 is 4.50. The molecule has 14 heavy (non-hydrogen) atoms. The normalized spacial score (nSPS) is 9.57. The zero-order valence-electron chi connectivity index (χ0n) is 7.69. The highest BCUT2D eigenvalue weighted by Crippen LogP contribution is 2.10. The summed E-state index contributed by atoms with van der Waals surface area (Å²) in [5.41, 5.74) is 1.12. The molecule has 0 bridgehead atoms. The number of hydrogen-bond donors (Lipinski definition) is 1. The fourth-order valence-corrected chi connectivity index (χ4v) is 1.11. The molecule has 4 heteroatoms. The third-order valence-corrected chi connectivity index (χ3v) is 1.75. The number of aldehydes is 1. The van der Waals surface area contributed by atoms with E-state index < -0.39 is 5.97 Å². The Kier molecular flexibility index (Phi) is 3.36. The van der Waals surface area contributed by atoms with Gasteiger partial charge in [-0.2, -0.15) is 0 Å². The Morgan fingerprint density at radius 3 is 2.71 bits per heavy atom. The second-order valence-electron chi connectivity index (χ2n) is 2.73. The van der Waals surface area contributed by atoms with Crippen LogP contribution >= 0.6 is 0 Å². The van der Waals surface area contributed by atoms with Crippen LogP contribution in [-0.4, -0.2) is 24.5 Å². The fourth-order valence-electron chi connectivity index (χ4n) is 1.11. The van der Waals surface area contributed by atoms with Crippen LogP contribution in [0.25, 0.3) is 0 Å². The predicted octanol–water partition coefficient (Wildman–Crippen LogP) is 0.778. The van der Waals surface area contributed by atoms with Crippen LogP contribution in [0.2, 0.25) is 0 Å². The highest BCUT2D eigenvalue weighted by atomic mass is 16.5. The first kappa shape index (κ1) is 10.4. The van der Waals surface area contributed by atoms with Crippen molar-refractivity contribution in [2.75, 3.05) is 7.11 Å². The van der Waals surface area contributed by atoms with Crippen LogP contribution in [0.1, 0.15) is 26.3 Å². The van der Waals surface area contributed by atoms with Gasteiger partial charge in [0.2, 0.25) is 0 Å². The van der Waals surface area contributed by atoms with Crippen LogP contribution in [0.4, 0.5) is 0 Å². The summed E-state index contributed by atoms with van der Waals surface area (Å²) in [7, 11) is 1.26. The maximum Gasteiger partial charge on any atom is 0.337 e. The van der Waals surface area contributed by atoms with E-state index in [0.29, 0.717) is 17.4 Å². The summed E-state index contributed by atoms with van der Waals surface area (Å²) >= 11 is 0. The number of esters is 1. The third kappa shape index (κ3) is 2.17. The highest BCUT2D eigenvalue weighted by Gasteiger charge is 2.07. The van der Waals surface area contributed by atoms with E-state index in [2.05, 4.69) is 4.74 Å². The van der Waals surface area contributed by atoms with E-state index in [1.807, 2.05) is 0 Å². The minimum Gasteiger partial charge on any atom is -0.465 e. The number of hydrogen-bond acceptors (Lipinski definition) is 4. The number of rotatable bonds is 3. The van der Waals surface area contributed by atoms with Crippen LogP contribution in [0.3, 0.4) is 0 Å². The Hall–Kier alpha value is -1.68. The number of ether oxygens (including phenoxy) is 1. The maximum atomic E-state index is 11.1. The molecule has 0 aliphatic heterocycles. The van der Waals surface area contributed by atoms with Crippen molar-refractivity contribution in [3.8, 4) is 0 Å². The Balaban J connectivity index is 3.16. The topological polar surface area (TPSA) is 63.6 Å². The number of carbonyl (C=O) groups is 2. The van der Waals surface area contributed by atoms with Crippen LogP contribution in [0.15, 0.2) is 18.2 Å². The summed E-state index contributed by atoms with van der Waals surface area (Å²) in [5.74, 6) is -0.525. The Labute approximate surface area is 81.1 Å². The second kappa shape index (κ2) is 4.53. The second-order valence-corrected chi connectivity index (χ2v) is 2.73. The summed E-state index contributed by atoms with van der Waals surface area (Å²) in [6.45, 7) is -0.217. The van der Waals surface area contributed by atoms with Gasteiger partial charge >= 0.3 is 5.97 Å². The number of methoxy groups -OCH3 is 1. The standard InChI is InChI=1S/C10H10O4/c1-14-10(13)9-3-7(5-11)2-8(4-9)6-12/h2-5,12H,6H2,1H3. The molecule has 0 saturated heterocycles. The van der Waals surface area contributed by atoms with Crippen molar-refractivity contribution in [3.63, 3.8) is 0 Å². The minimum absolute atomic E-state index is 0.217. The maximum absolute atomic E-state index is 11.1. The number of aliphatic hydroxyl groups is 1. The largest absolute Gasteiger partial charge is 0.465 e. The molecule has 0 amide bonds. The van der Waals surface area contributed by atoms with Crippen molar-refractivity contribution in [2.45, 2.75) is 6.61 Å². The quantitative estimate of drug-likeness (QED) is 0.570. The van der Waals surface area contributed by atoms with Crippen molar-refractivity contribution < 1.29 is 19.4 Å². The molecule has 0 aliphatic carbocycles. The molecule has 0 aliphatic rings. The van der Waals surface area contributed by atoms with Crippen LogP contribution in [0.5, 0.6) is 0 Å². The average Bonchev–Trinajstić information content (AvgIpc) is 2.27. The molecular weight excluding hydrogens is 184 g/mol. The molecule has 0 radical (unpaired) electrons. The minimum atomic E-state index is -0.525. The Bertz CT molecular complexity index is 357. The Morgan fingerprint density at radius 2 is 2.21 bits per heavy atom. The average molecular weight is 194 g/mol. The molecule has 74 valence electrons. The zero-order valence-corrected chi connectivity index (χ0v) is 7.69. The van der Waals surface area contributed by atoms with Crippen molar-refractivity contribution in [1.82, 2.24) is 0 Å². The lowest BCUT2D eigenvalue weighted by Crippen LogP contribution is -2.03. The lowest BCUT2D eigenvalue weighted by Gasteiger charge is -2.03. The van der Waals surface area contributed by atoms with Crippen molar-refractivity contribution >= 4 is 12.3 Å². The lowest BCUT2D eigenvalue weighted by atomic mass is 10.1. The number of carbonyl (C=O) groups excluding carboxylic acids is 2. The van der Waals surface area contributed by atoms with Crippen LogP contribution in [-0.2, 0) is 11.3 Å². The van der Waals surface area contributed by atoms with Gasteiger partial charge in [0.25, 0.3) is 0 Å².